The fraction of sp³-hybridized carbons (Fsp3) is 0.409. The number of ether oxygens (including phenoxy) is 2. The Balaban J connectivity index is 1.55. The molecule has 2 saturated heterocycles. The molecule has 0 saturated carbocycles. The zero-order chi connectivity index (χ0) is 19.5. The summed E-state index contributed by atoms with van der Waals surface area (Å²) in [6.45, 7) is 2.98. The first-order chi connectivity index (χ1) is 13.6. The van der Waals surface area contributed by atoms with Crippen LogP contribution in [0.25, 0.3) is 0 Å². The van der Waals surface area contributed by atoms with Gasteiger partial charge in [-0.3, -0.25) is 9.69 Å². The highest BCUT2D eigenvalue weighted by Crippen LogP contribution is 2.37. The summed E-state index contributed by atoms with van der Waals surface area (Å²) in [5.74, 6) is -0.110. The van der Waals surface area contributed by atoms with Crippen LogP contribution in [-0.4, -0.2) is 53.4 Å². The zero-order valence-electron chi connectivity index (χ0n) is 15.9. The summed E-state index contributed by atoms with van der Waals surface area (Å²) in [5, 5.41) is 13.9. The van der Waals surface area contributed by atoms with E-state index < -0.39 is 12.4 Å². The van der Waals surface area contributed by atoms with E-state index in [2.05, 4.69) is 22.3 Å². The van der Waals surface area contributed by atoms with Crippen molar-refractivity contribution < 1.29 is 19.4 Å². The van der Waals surface area contributed by atoms with Crippen molar-refractivity contribution in [1.82, 2.24) is 10.2 Å². The van der Waals surface area contributed by atoms with Gasteiger partial charge in [0.05, 0.1) is 24.8 Å². The molecule has 0 aromatic heterocycles. The van der Waals surface area contributed by atoms with Gasteiger partial charge >= 0.3 is 0 Å². The topological polar surface area (TPSA) is 71.0 Å². The molecular weight excluding hydrogens is 356 g/mol. The van der Waals surface area contributed by atoms with Gasteiger partial charge in [0, 0.05) is 25.6 Å². The van der Waals surface area contributed by atoms with E-state index in [4.69, 9.17) is 9.47 Å². The molecule has 2 aliphatic heterocycles. The van der Waals surface area contributed by atoms with E-state index >= 15 is 0 Å². The van der Waals surface area contributed by atoms with E-state index in [1.807, 2.05) is 48.5 Å². The second-order valence-corrected chi connectivity index (χ2v) is 7.40. The first-order valence-electron chi connectivity index (χ1n) is 9.67. The summed E-state index contributed by atoms with van der Waals surface area (Å²) in [4.78, 5) is 13.7. The molecule has 2 N–H and O–H groups in total. The maximum atomic E-state index is 11.5. The van der Waals surface area contributed by atoms with Crippen molar-refractivity contribution in [3.63, 3.8) is 0 Å². The van der Waals surface area contributed by atoms with Gasteiger partial charge < -0.3 is 19.9 Å². The molecule has 5 unspecified atom stereocenters. The smallest absolute Gasteiger partial charge is 0.216 e. The lowest BCUT2D eigenvalue weighted by Crippen LogP contribution is -2.47. The monoisotopic (exact) mass is 382 g/mol. The number of nitrogens with zero attached hydrogens (tertiary/aromatic N) is 1. The number of nitrogens with one attached hydrogen (secondary N) is 1. The number of aliphatic hydroxyl groups is 1. The van der Waals surface area contributed by atoms with E-state index in [9.17, 15) is 9.90 Å². The Morgan fingerprint density at radius 3 is 2.50 bits per heavy atom. The molecule has 0 radical (unpaired) electrons. The Morgan fingerprint density at radius 1 is 1.14 bits per heavy atom. The lowest BCUT2D eigenvalue weighted by molar-refractivity contribution is -0.242. The van der Waals surface area contributed by atoms with E-state index in [-0.39, 0.29) is 24.1 Å². The van der Waals surface area contributed by atoms with Crippen molar-refractivity contribution in [3.05, 3.63) is 71.8 Å². The quantitative estimate of drug-likeness (QED) is 0.826. The highest BCUT2D eigenvalue weighted by Gasteiger charge is 2.52. The minimum atomic E-state index is -0.712. The van der Waals surface area contributed by atoms with Crippen LogP contribution in [0.2, 0.25) is 0 Å². The van der Waals surface area contributed by atoms with Crippen molar-refractivity contribution in [3.8, 4) is 0 Å². The van der Waals surface area contributed by atoms with E-state index in [1.165, 1.54) is 6.92 Å². The molecule has 6 nitrogen and oxygen atoms in total. The molecule has 2 aromatic rings. The van der Waals surface area contributed by atoms with Gasteiger partial charge in [0.2, 0.25) is 5.91 Å². The first-order valence-corrected chi connectivity index (χ1v) is 9.67. The Labute approximate surface area is 165 Å². The molecule has 148 valence electrons. The minimum absolute atomic E-state index is 0.0751. The van der Waals surface area contributed by atoms with Crippen LogP contribution in [0.5, 0.6) is 0 Å². The van der Waals surface area contributed by atoms with E-state index in [0.717, 1.165) is 11.1 Å². The molecule has 4 rings (SSSR count). The third-order valence-electron chi connectivity index (χ3n) is 5.50. The molecule has 0 aliphatic carbocycles. The van der Waals surface area contributed by atoms with Gasteiger partial charge in [-0.15, -0.1) is 0 Å². The Hall–Kier alpha value is -2.25. The van der Waals surface area contributed by atoms with Crippen molar-refractivity contribution in [2.45, 2.75) is 44.1 Å². The van der Waals surface area contributed by atoms with Crippen molar-refractivity contribution in [2.24, 2.45) is 0 Å². The number of carbonyl (C=O) groups is 1. The second-order valence-electron chi connectivity index (χ2n) is 7.40. The van der Waals surface area contributed by atoms with E-state index in [0.29, 0.717) is 19.7 Å². The van der Waals surface area contributed by atoms with Crippen LogP contribution in [0.15, 0.2) is 60.7 Å². The molecule has 0 spiro atoms. The number of fused-ring (bicyclic) bond motifs is 1. The molecule has 1 amide bonds. The third-order valence-corrected chi connectivity index (χ3v) is 5.50. The Kier molecular flexibility index (Phi) is 5.73. The largest absolute Gasteiger partial charge is 0.389 e. The number of hydrogen-bond donors (Lipinski definition) is 2. The maximum Gasteiger partial charge on any atom is 0.216 e. The zero-order valence-corrected chi connectivity index (χ0v) is 15.9. The standard InChI is InChI=1S/C22H26N2O4/c1-15(25)23-12-18-20(26)21-19(24(18)13-16-8-4-2-5-9-16)14-27-22(28-21)17-10-6-3-7-11-17/h2-11,18-22,26H,12-14H2,1H3,(H,23,25). The number of hydrogen-bond acceptors (Lipinski definition) is 5. The normalized spacial score (nSPS) is 30.0. The maximum absolute atomic E-state index is 11.5. The predicted octanol–water partition coefficient (Wildman–Crippen LogP) is 1.85. The highest BCUT2D eigenvalue weighted by atomic mass is 16.7. The number of likely N-dealkylation sites (tertiary alicyclic amines) is 1. The Morgan fingerprint density at radius 2 is 1.82 bits per heavy atom. The van der Waals surface area contributed by atoms with Gasteiger partial charge in [0.1, 0.15) is 6.10 Å². The molecule has 2 heterocycles. The molecule has 2 aliphatic rings. The van der Waals surface area contributed by atoms with Gasteiger partial charge in [0.15, 0.2) is 6.29 Å². The minimum Gasteiger partial charge on any atom is -0.389 e. The summed E-state index contributed by atoms with van der Waals surface area (Å²) < 4.78 is 12.2. The number of carbonyl (C=O) groups excluding carboxylic acids is 1. The number of amides is 1. The van der Waals surface area contributed by atoms with Gasteiger partial charge in [-0.05, 0) is 5.56 Å². The van der Waals surface area contributed by atoms with Crippen LogP contribution in [0.1, 0.15) is 24.3 Å². The van der Waals surface area contributed by atoms with Crippen LogP contribution in [-0.2, 0) is 20.8 Å². The molecule has 2 fully saturated rings. The number of rotatable bonds is 5. The molecular formula is C22H26N2O4. The Bertz CT molecular complexity index is 786. The fourth-order valence-electron chi connectivity index (χ4n) is 4.11. The van der Waals surface area contributed by atoms with Gasteiger partial charge in [-0.25, -0.2) is 0 Å². The van der Waals surface area contributed by atoms with Crippen molar-refractivity contribution in [1.29, 1.82) is 0 Å². The van der Waals surface area contributed by atoms with Crippen LogP contribution in [0.3, 0.4) is 0 Å². The highest BCUT2D eigenvalue weighted by molar-refractivity contribution is 5.72. The summed E-state index contributed by atoms with van der Waals surface area (Å²) >= 11 is 0. The van der Waals surface area contributed by atoms with Crippen LogP contribution >= 0.6 is 0 Å². The summed E-state index contributed by atoms with van der Waals surface area (Å²) in [6, 6.07) is 19.6. The number of aliphatic hydroxyl groups excluding tert-OH is 1. The van der Waals surface area contributed by atoms with Crippen LogP contribution in [0.4, 0.5) is 0 Å². The lowest BCUT2D eigenvalue weighted by Gasteiger charge is -2.36. The van der Waals surface area contributed by atoms with Crippen LogP contribution < -0.4 is 5.32 Å². The molecule has 28 heavy (non-hydrogen) atoms. The van der Waals surface area contributed by atoms with Crippen LogP contribution in [0, 0.1) is 0 Å². The SMILES string of the molecule is CC(=O)NCC1C(O)C2OC(c3ccccc3)OCC2N1Cc1ccccc1. The predicted molar refractivity (Wildman–Crippen MR) is 104 cm³/mol. The molecule has 6 heteroatoms. The average Bonchev–Trinajstić information content (AvgIpc) is 2.98. The lowest BCUT2D eigenvalue weighted by atomic mass is 10.1. The number of benzene rings is 2. The molecule has 2 aromatic carbocycles. The van der Waals surface area contributed by atoms with Crippen molar-refractivity contribution >= 4 is 5.91 Å². The van der Waals surface area contributed by atoms with Gasteiger partial charge in [-0.2, -0.15) is 0 Å². The molecule has 0 bridgehead atoms. The first kappa shape index (κ1) is 19.1. The van der Waals surface area contributed by atoms with Crippen molar-refractivity contribution in [2.75, 3.05) is 13.2 Å². The average molecular weight is 382 g/mol. The third kappa shape index (κ3) is 3.95. The molecule has 5 atom stereocenters. The summed E-state index contributed by atoms with van der Waals surface area (Å²) in [7, 11) is 0. The summed E-state index contributed by atoms with van der Waals surface area (Å²) in [5.41, 5.74) is 2.08. The second kappa shape index (κ2) is 8.41. The van der Waals surface area contributed by atoms with Gasteiger partial charge in [0.25, 0.3) is 0 Å². The fourth-order valence-corrected chi connectivity index (χ4v) is 4.11. The van der Waals surface area contributed by atoms with E-state index in [1.54, 1.807) is 0 Å². The van der Waals surface area contributed by atoms with Gasteiger partial charge in [-0.1, -0.05) is 60.7 Å². The summed E-state index contributed by atoms with van der Waals surface area (Å²) in [6.07, 6.45) is -1.58.